The number of hydrogen-bond donors (Lipinski definition) is 3. The highest BCUT2D eigenvalue weighted by molar-refractivity contribution is 7.99. The number of amides is 2. The molecule has 1 aromatic carbocycles. The van der Waals surface area contributed by atoms with Crippen LogP contribution >= 0.6 is 35.8 Å². The van der Waals surface area contributed by atoms with Crippen LogP contribution in [-0.2, 0) is 9.59 Å². The summed E-state index contributed by atoms with van der Waals surface area (Å²) >= 11 is 7.69. The standard InChI is InChI=1S/C13H16ClN3O2S.ClH/c1-8-2-3-10(9(14)4-8)17-12(18)5-15-13(19)11-6-20-7-16-11;/h2-4,11,16H,5-7H2,1H3,(H,15,19)(H,17,18);1H. The largest absolute Gasteiger partial charge is 0.346 e. The van der Waals surface area contributed by atoms with Crippen LogP contribution in [0.3, 0.4) is 0 Å². The predicted octanol–water partition coefficient (Wildman–Crippen LogP) is 1.79. The molecule has 1 unspecified atom stereocenters. The Labute approximate surface area is 139 Å². The third-order valence-corrected chi connectivity index (χ3v) is 4.11. The van der Waals surface area contributed by atoms with Crippen molar-refractivity contribution in [1.82, 2.24) is 10.6 Å². The molecule has 3 N–H and O–H groups in total. The summed E-state index contributed by atoms with van der Waals surface area (Å²) in [4.78, 5) is 23.5. The van der Waals surface area contributed by atoms with Gasteiger partial charge in [-0.2, -0.15) is 0 Å². The summed E-state index contributed by atoms with van der Waals surface area (Å²) in [7, 11) is 0. The van der Waals surface area contributed by atoms with Gasteiger partial charge in [0.15, 0.2) is 0 Å². The Morgan fingerprint density at radius 1 is 1.48 bits per heavy atom. The molecule has 0 aliphatic carbocycles. The van der Waals surface area contributed by atoms with Crippen molar-refractivity contribution in [3.8, 4) is 0 Å². The molecule has 1 heterocycles. The number of benzene rings is 1. The van der Waals surface area contributed by atoms with Gasteiger partial charge in [0.1, 0.15) is 0 Å². The number of anilines is 1. The lowest BCUT2D eigenvalue weighted by atomic mass is 10.2. The van der Waals surface area contributed by atoms with Crippen molar-refractivity contribution in [3.05, 3.63) is 28.8 Å². The lowest BCUT2D eigenvalue weighted by molar-refractivity contribution is -0.125. The quantitative estimate of drug-likeness (QED) is 0.774. The zero-order chi connectivity index (χ0) is 14.5. The van der Waals surface area contributed by atoms with Gasteiger partial charge in [0.2, 0.25) is 11.8 Å². The average molecular weight is 350 g/mol. The second kappa shape index (κ2) is 8.48. The summed E-state index contributed by atoms with van der Waals surface area (Å²) in [5.74, 6) is 1.05. The fraction of sp³-hybridized carbons (Fsp3) is 0.385. The van der Waals surface area contributed by atoms with Crippen LogP contribution in [0.5, 0.6) is 0 Å². The first-order valence-corrected chi connectivity index (χ1v) is 7.74. The number of aryl methyl sites for hydroxylation is 1. The molecule has 8 heteroatoms. The Morgan fingerprint density at radius 2 is 2.24 bits per heavy atom. The minimum absolute atomic E-state index is 0. The molecule has 21 heavy (non-hydrogen) atoms. The number of carbonyl (C=O) groups is 2. The first-order valence-electron chi connectivity index (χ1n) is 6.21. The third-order valence-electron chi connectivity index (χ3n) is 2.85. The minimum Gasteiger partial charge on any atom is -0.346 e. The lowest BCUT2D eigenvalue weighted by Crippen LogP contribution is -2.44. The van der Waals surface area contributed by atoms with Crippen LogP contribution in [0.15, 0.2) is 18.2 Å². The van der Waals surface area contributed by atoms with Crippen LogP contribution in [0.2, 0.25) is 5.02 Å². The molecule has 0 saturated carbocycles. The van der Waals surface area contributed by atoms with E-state index in [1.807, 2.05) is 13.0 Å². The third kappa shape index (κ3) is 5.39. The molecule has 0 aromatic heterocycles. The van der Waals surface area contributed by atoms with E-state index in [4.69, 9.17) is 11.6 Å². The van der Waals surface area contributed by atoms with E-state index in [1.54, 1.807) is 23.9 Å². The van der Waals surface area contributed by atoms with Crippen molar-refractivity contribution in [2.24, 2.45) is 0 Å². The maximum absolute atomic E-state index is 11.8. The van der Waals surface area contributed by atoms with Crippen molar-refractivity contribution >= 4 is 53.3 Å². The molecule has 116 valence electrons. The van der Waals surface area contributed by atoms with E-state index in [0.29, 0.717) is 10.7 Å². The SMILES string of the molecule is Cc1ccc(NC(=O)CNC(=O)C2CSCN2)c(Cl)c1.Cl. The first-order chi connectivity index (χ1) is 9.56. The van der Waals surface area contributed by atoms with Crippen molar-refractivity contribution in [2.75, 3.05) is 23.5 Å². The van der Waals surface area contributed by atoms with Crippen LogP contribution in [0, 0.1) is 6.92 Å². The Bertz CT molecular complexity index is 522. The summed E-state index contributed by atoms with van der Waals surface area (Å²) in [5, 5.41) is 8.81. The Balaban J connectivity index is 0.00000220. The molecule has 1 fully saturated rings. The number of thioether (sulfide) groups is 1. The fourth-order valence-electron chi connectivity index (χ4n) is 1.77. The van der Waals surface area contributed by atoms with Gasteiger partial charge in [-0.25, -0.2) is 0 Å². The van der Waals surface area contributed by atoms with Crippen LogP contribution in [0.1, 0.15) is 5.56 Å². The fourth-order valence-corrected chi connectivity index (χ4v) is 2.99. The summed E-state index contributed by atoms with van der Waals surface area (Å²) in [6.45, 7) is 1.86. The number of nitrogens with one attached hydrogen (secondary N) is 3. The highest BCUT2D eigenvalue weighted by Crippen LogP contribution is 2.22. The van der Waals surface area contributed by atoms with E-state index >= 15 is 0 Å². The second-order valence-corrected chi connectivity index (χ2v) is 5.96. The van der Waals surface area contributed by atoms with E-state index in [-0.39, 0.29) is 36.8 Å². The molecule has 5 nitrogen and oxygen atoms in total. The first kappa shape index (κ1) is 18.1. The normalized spacial score (nSPS) is 17.0. The zero-order valence-electron chi connectivity index (χ0n) is 11.4. The van der Waals surface area contributed by atoms with Crippen molar-refractivity contribution in [2.45, 2.75) is 13.0 Å². The van der Waals surface area contributed by atoms with Gasteiger partial charge in [0.25, 0.3) is 0 Å². The molecule has 1 aliphatic heterocycles. The monoisotopic (exact) mass is 349 g/mol. The van der Waals surface area contributed by atoms with E-state index < -0.39 is 0 Å². The van der Waals surface area contributed by atoms with Crippen molar-refractivity contribution in [3.63, 3.8) is 0 Å². The lowest BCUT2D eigenvalue weighted by Gasteiger charge is -2.11. The number of halogens is 2. The maximum atomic E-state index is 11.8. The van der Waals surface area contributed by atoms with Gasteiger partial charge in [-0.05, 0) is 24.6 Å². The Hall–Kier alpha value is -0.950. The number of carbonyl (C=O) groups excluding carboxylic acids is 2. The van der Waals surface area contributed by atoms with Crippen LogP contribution < -0.4 is 16.0 Å². The van der Waals surface area contributed by atoms with Crippen molar-refractivity contribution < 1.29 is 9.59 Å². The van der Waals surface area contributed by atoms with Gasteiger partial charge in [0, 0.05) is 11.6 Å². The summed E-state index contributed by atoms with van der Waals surface area (Å²) in [5.41, 5.74) is 1.57. The zero-order valence-corrected chi connectivity index (χ0v) is 13.8. The molecule has 2 amide bonds. The Kier molecular flexibility index (Phi) is 7.31. The second-order valence-electron chi connectivity index (χ2n) is 4.52. The molecule has 2 rings (SSSR count). The van der Waals surface area contributed by atoms with Gasteiger partial charge in [0.05, 0.1) is 23.3 Å². The molecular formula is C13H17Cl2N3O2S. The smallest absolute Gasteiger partial charge is 0.243 e. The topological polar surface area (TPSA) is 70.2 Å². The molecule has 0 bridgehead atoms. The summed E-state index contributed by atoms with van der Waals surface area (Å²) < 4.78 is 0. The minimum atomic E-state index is -0.297. The van der Waals surface area contributed by atoms with Gasteiger partial charge in [-0.15, -0.1) is 24.2 Å². The highest BCUT2D eigenvalue weighted by Gasteiger charge is 2.22. The van der Waals surface area contributed by atoms with Gasteiger partial charge < -0.3 is 10.6 Å². The molecule has 1 aromatic rings. The highest BCUT2D eigenvalue weighted by atomic mass is 35.5. The molecule has 1 aliphatic rings. The molecule has 1 saturated heterocycles. The predicted molar refractivity (Wildman–Crippen MR) is 89.3 cm³/mol. The van der Waals surface area contributed by atoms with Crippen LogP contribution in [-0.4, -0.2) is 36.0 Å². The van der Waals surface area contributed by atoms with Crippen LogP contribution in [0.25, 0.3) is 0 Å². The van der Waals surface area contributed by atoms with Crippen molar-refractivity contribution in [1.29, 1.82) is 0 Å². The van der Waals surface area contributed by atoms with E-state index in [1.165, 1.54) is 0 Å². The molecule has 0 radical (unpaired) electrons. The average Bonchev–Trinajstić information content (AvgIpc) is 2.93. The number of rotatable bonds is 4. The van der Waals surface area contributed by atoms with Gasteiger partial charge in [-0.1, -0.05) is 17.7 Å². The summed E-state index contributed by atoms with van der Waals surface area (Å²) in [6.07, 6.45) is 0. The maximum Gasteiger partial charge on any atom is 0.243 e. The van der Waals surface area contributed by atoms with Gasteiger partial charge >= 0.3 is 0 Å². The molecule has 0 spiro atoms. The van der Waals surface area contributed by atoms with E-state index in [0.717, 1.165) is 17.2 Å². The Morgan fingerprint density at radius 3 is 2.86 bits per heavy atom. The van der Waals surface area contributed by atoms with E-state index in [9.17, 15) is 9.59 Å². The molecule has 1 atom stereocenters. The van der Waals surface area contributed by atoms with E-state index in [2.05, 4.69) is 16.0 Å². The number of hydrogen-bond acceptors (Lipinski definition) is 4. The van der Waals surface area contributed by atoms with Gasteiger partial charge in [-0.3, -0.25) is 14.9 Å². The summed E-state index contributed by atoms with van der Waals surface area (Å²) in [6, 6.07) is 5.16. The molecular weight excluding hydrogens is 333 g/mol. The van der Waals surface area contributed by atoms with Crippen LogP contribution in [0.4, 0.5) is 5.69 Å².